The fourth-order valence-electron chi connectivity index (χ4n) is 1.61. The third-order valence-electron chi connectivity index (χ3n) is 2.62. The van der Waals surface area contributed by atoms with Crippen LogP contribution in [0, 0.1) is 0 Å². The Hall–Kier alpha value is -1.60. The molecule has 2 N–H and O–H groups in total. The third-order valence-corrected chi connectivity index (χ3v) is 3.99. The van der Waals surface area contributed by atoms with Crippen molar-refractivity contribution in [3.63, 3.8) is 0 Å². The zero-order chi connectivity index (χ0) is 15.0. The number of anilines is 1. The van der Waals surface area contributed by atoms with Crippen molar-refractivity contribution in [3.8, 4) is 0 Å². The molecular formula is C13H19NO5S. The van der Waals surface area contributed by atoms with Crippen LogP contribution in [0.1, 0.15) is 18.4 Å². The molecular weight excluding hydrogens is 282 g/mol. The van der Waals surface area contributed by atoms with Crippen LogP contribution in [0.5, 0.6) is 0 Å². The first-order chi connectivity index (χ1) is 9.43. The zero-order valence-electron chi connectivity index (χ0n) is 11.3. The van der Waals surface area contributed by atoms with Crippen LogP contribution >= 0.6 is 0 Å². The SMILES string of the molecule is COCCCS(=O)(=O)Nc1ccc(CCC(=O)O)cc1. The summed E-state index contributed by atoms with van der Waals surface area (Å²) in [5.74, 6) is -0.852. The highest BCUT2D eigenvalue weighted by molar-refractivity contribution is 7.92. The third kappa shape index (κ3) is 6.53. The summed E-state index contributed by atoms with van der Waals surface area (Å²) in [6, 6.07) is 6.70. The number of carbonyl (C=O) groups is 1. The monoisotopic (exact) mass is 301 g/mol. The highest BCUT2D eigenvalue weighted by Crippen LogP contribution is 2.13. The van der Waals surface area contributed by atoms with Crippen LogP contribution in [0.2, 0.25) is 0 Å². The molecule has 20 heavy (non-hydrogen) atoms. The van der Waals surface area contributed by atoms with Crippen LogP contribution in [0.4, 0.5) is 5.69 Å². The predicted molar refractivity (Wildman–Crippen MR) is 76.3 cm³/mol. The highest BCUT2D eigenvalue weighted by Gasteiger charge is 2.10. The van der Waals surface area contributed by atoms with Crippen LogP contribution in [0.3, 0.4) is 0 Å². The Morgan fingerprint density at radius 3 is 2.50 bits per heavy atom. The lowest BCUT2D eigenvalue weighted by molar-refractivity contribution is -0.136. The van der Waals surface area contributed by atoms with Crippen molar-refractivity contribution in [2.24, 2.45) is 0 Å². The van der Waals surface area contributed by atoms with E-state index < -0.39 is 16.0 Å². The first-order valence-corrected chi connectivity index (χ1v) is 7.88. The van der Waals surface area contributed by atoms with Gasteiger partial charge in [-0.15, -0.1) is 0 Å². The largest absolute Gasteiger partial charge is 0.481 e. The van der Waals surface area contributed by atoms with E-state index in [4.69, 9.17) is 9.84 Å². The van der Waals surface area contributed by atoms with Gasteiger partial charge in [0.1, 0.15) is 0 Å². The minimum atomic E-state index is -3.37. The molecule has 0 heterocycles. The van der Waals surface area contributed by atoms with Gasteiger partial charge < -0.3 is 9.84 Å². The minimum absolute atomic E-state index is 0.00159. The molecule has 1 aromatic rings. The summed E-state index contributed by atoms with van der Waals surface area (Å²) in [5.41, 5.74) is 1.33. The zero-order valence-corrected chi connectivity index (χ0v) is 12.1. The lowest BCUT2D eigenvalue weighted by Crippen LogP contribution is -2.17. The molecule has 0 amide bonds. The molecule has 0 bridgehead atoms. The predicted octanol–water partition coefficient (Wildman–Crippen LogP) is 1.48. The Labute approximate surface area is 118 Å². The van der Waals surface area contributed by atoms with Gasteiger partial charge in [0, 0.05) is 25.8 Å². The van der Waals surface area contributed by atoms with E-state index in [9.17, 15) is 13.2 Å². The van der Waals surface area contributed by atoms with Gasteiger partial charge in [-0.05, 0) is 30.5 Å². The molecule has 0 saturated carbocycles. The number of rotatable bonds is 9. The van der Waals surface area contributed by atoms with Crippen molar-refractivity contribution in [1.82, 2.24) is 0 Å². The summed E-state index contributed by atoms with van der Waals surface area (Å²) in [5, 5.41) is 8.58. The van der Waals surface area contributed by atoms with Crippen molar-refractivity contribution in [2.75, 3.05) is 24.2 Å². The molecule has 0 radical (unpaired) electrons. The number of hydrogen-bond acceptors (Lipinski definition) is 4. The molecule has 112 valence electrons. The van der Waals surface area contributed by atoms with Crippen molar-refractivity contribution >= 4 is 21.7 Å². The Bertz CT molecular complexity index is 524. The fraction of sp³-hybridized carbons (Fsp3) is 0.462. The fourth-order valence-corrected chi connectivity index (χ4v) is 2.71. The Morgan fingerprint density at radius 2 is 1.95 bits per heavy atom. The molecule has 0 aliphatic carbocycles. The van der Waals surface area contributed by atoms with Crippen molar-refractivity contribution in [1.29, 1.82) is 0 Å². The van der Waals surface area contributed by atoms with E-state index in [-0.39, 0.29) is 12.2 Å². The first kappa shape index (κ1) is 16.5. The maximum absolute atomic E-state index is 11.7. The first-order valence-electron chi connectivity index (χ1n) is 6.23. The summed E-state index contributed by atoms with van der Waals surface area (Å²) in [6.07, 6.45) is 0.917. The van der Waals surface area contributed by atoms with Crippen LogP contribution in [0.25, 0.3) is 0 Å². The normalized spacial score (nSPS) is 11.2. The number of benzene rings is 1. The van der Waals surface area contributed by atoms with Crippen molar-refractivity contribution in [3.05, 3.63) is 29.8 Å². The molecule has 0 spiro atoms. The number of sulfonamides is 1. The summed E-state index contributed by atoms with van der Waals surface area (Å²) in [7, 11) is -1.85. The van der Waals surface area contributed by atoms with Gasteiger partial charge in [-0.3, -0.25) is 9.52 Å². The van der Waals surface area contributed by atoms with Crippen LogP contribution < -0.4 is 4.72 Å². The quantitative estimate of drug-likeness (QED) is 0.674. The Kier molecular flexibility index (Phi) is 6.47. The van der Waals surface area contributed by atoms with Gasteiger partial charge in [0.2, 0.25) is 10.0 Å². The van der Waals surface area contributed by atoms with Gasteiger partial charge in [0.25, 0.3) is 0 Å². The lowest BCUT2D eigenvalue weighted by atomic mass is 10.1. The second-order valence-corrected chi connectivity index (χ2v) is 6.20. The molecule has 0 atom stereocenters. The number of carboxylic acid groups (broad SMARTS) is 1. The van der Waals surface area contributed by atoms with Crippen LogP contribution in [-0.2, 0) is 26.0 Å². The van der Waals surface area contributed by atoms with Gasteiger partial charge in [0.05, 0.1) is 5.75 Å². The van der Waals surface area contributed by atoms with Gasteiger partial charge in [0.15, 0.2) is 0 Å². The van der Waals surface area contributed by atoms with Gasteiger partial charge >= 0.3 is 5.97 Å². The molecule has 0 aliphatic rings. The maximum atomic E-state index is 11.7. The summed E-state index contributed by atoms with van der Waals surface area (Å²) < 4.78 is 30.7. The average molecular weight is 301 g/mol. The molecule has 0 aromatic heterocycles. The van der Waals surface area contributed by atoms with Gasteiger partial charge in [-0.2, -0.15) is 0 Å². The molecule has 6 nitrogen and oxygen atoms in total. The highest BCUT2D eigenvalue weighted by atomic mass is 32.2. The molecule has 0 fully saturated rings. The summed E-state index contributed by atoms with van der Waals surface area (Å²) >= 11 is 0. The molecule has 0 saturated heterocycles. The molecule has 0 unspecified atom stereocenters. The molecule has 0 aliphatic heterocycles. The maximum Gasteiger partial charge on any atom is 0.303 e. The summed E-state index contributed by atoms with van der Waals surface area (Å²) in [6.45, 7) is 0.398. The minimum Gasteiger partial charge on any atom is -0.481 e. The number of hydrogen-bond donors (Lipinski definition) is 2. The second kappa shape index (κ2) is 7.86. The number of carboxylic acids is 1. The van der Waals surface area contributed by atoms with E-state index in [2.05, 4.69) is 4.72 Å². The van der Waals surface area contributed by atoms with E-state index >= 15 is 0 Å². The number of aryl methyl sites for hydroxylation is 1. The Morgan fingerprint density at radius 1 is 1.30 bits per heavy atom. The molecule has 7 heteroatoms. The second-order valence-electron chi connectivity index (χ2n) is 4.36. The van der Waals surface area contributed by atoms with E-state index in [1.165, 1.54) is 7.11 Å². The van der Waals surface area contributed by atoms with E-state index in [0.29, 0.717) is 25.1 Å². The number of ether oxygens (including phenoxy) is 1. The Balaban J connectivity index is 2.54. The smallest absolute Gasteiger partial charge is 0.303 e. The van der Waals surface area contributed by atoms with Crippen molar-refractivity contribution in [2.45, 2.75) is 19.3 Å². The van der Waals surface area contributed by atoms with E-state index in [0.717, 1.165) is 5.56 Å². The van der Waals surface area contributed by atoms with Crippen LogP contribution in [0.15, 0.2) is 24.3 Å². The number of aliphatic carboxylic acids is 1. The van der Waals surface area contributed by atoms with Crippen molar-refractivity contribution < 1.29 is 23.1 Å². The standard InChI is InChI=1S/C13H19NO5S/c1-19-9-2-10-20(17,18)14-12-6-3-11(4-7-12)5-8-13(15)16/h3-4,6-7,14H,2,5,8-10H2,1H3,(H,15,16). The van der Waals surface area contributed by atoms with Gasteiger partial charge in [-0.1, -0.05) is 12.1 Å². The average Bonchev–Trinajstić information content (AvgIpc) is 2.37. The van der Waals surface area contributed by atoms with Gasteiger partial charge in [-0.25, -0.2) is 8.42 Å². The topological polar surface area (TPSA) is 92.7 Å². The summed E-state index contributed by atoms with van der Waals surface area (Å²) in [4.78, 5) is 10.5. The number of nitrogens with one attached hydrogen (secondary N) is 1. The number of methoxy groups -OCH3 is 1. The van der Waals surface area contributed by atoms with E-state index in [1.54, 1.807) is 24.3 Å². The molecule has 1 aromatic carbocycles. The molecule has 1 rings (SSSR count). The lowest BCUT2D eigenvalue weighted by Gasteiger charge is -2.08. The van der Waals surface area contributed by atoms with E-state index in [1.807, 2.05) is 0 Å². The van der Waals surface area contributed by atoms with Crippen LogP contribution in [-0.4, -0.2) is 39.0 Å².